The highest BCUT2D eigenvalue weighted by molar-refractivity contribution is 7.92. The molecular formula is C21H22ClN3O3S. The number of hydrogen-bond acceptors (Lipinski definition) is 5. The third-order valence-electron chi connectivity index (χ3n) is 4.27. The van der Waals surface area contributed by atoms with E-state index in [-0.39, 0.29) is 4.90 Å². The largest absolute Gasteiger partial charge is 0.477 e. The Bertz CT molecular complexity index is 1100. The lowest BCUT2D eigenvalue weighted by Crippen LogP contribution is -2.14. The zero-order valence-corrected chi connectivity index (χ0v) is 18.0. The molecule has 8 heteroatoms. The molecule has 0 saturated carbocycles. The second-order valence-corrected chi connectivity index (χ2v) is 8.71. The molecule has 2 aromatic carbocycles. The number of nitrogens with zero attached hydrogens (tertiary/aromatic N) is 2. The van der Waals surface area contributed by atoms with Gasteiger partial charge in [-0.15, -0.1) is 10.2 Å². The molecule has 3 rings (SSSR count). The van der Waals surface area contributed by atoms with Crippen LogP contribution in [-0.4, -0.2) is 25.2 Å². The van der Waals surface area contributed by atoms with Crippen LogP contribution in [0.15, 0.2) is 53.4 Å². The fourth-order valence-electron chi connectivity index (χ4n) is 2.72. The van der Waals surface area contributed by atoms with E-state index in [4.69, 9.17) is 16.3 Å². The van der Waals surface area contributed by atoms with Crippen molar-refractivity contribution >= 4 is 27.3 Å². The maximum atomic E-state index is 12.8. The summed E-state index contributed by atoms with van der Waals surface area (Å²) in [4.78, 5) is 0.206. The third kappa shape index (κ3) is 5.05. The minimum absolute atomic E-state index is 0.206. The van der Waals surface area contributed by atoms with Gasteiger partial charge < -0.3 is 4.74 Å². The Hall–Kier alpha value is -2.64. The summed E-state index contributed by atoms with van der Waals surface area (Å²) in [5, 5.41) is 8.74. The smallest absolute Gasteiger partial charge is 0.262 e. The van der Waals surface area contributed by atoms with Gasteiger partial charge in [0.05, 0.1) is 17.2 Å². The predicted molar refractivity (Wildman–Crippen MR) is 115 cm³/mol. The maximum Gasteiger partial charge on any atom is 0.262 e. The molecule has 0 aliphatic rings. The number of benzene rings is 2. The first-order chi connectivity index (χ1) is 13.8. The topological polar surface area (TPSA) is 81.2 Å². The molecule has 1 N–H and O–H groups in total. The summed E-state index contributed by atoms with van der Waals surface area (Å²) in [6, 6.07) is 13.8. The van der Waals surface area contributed by atoms with Gasteiger partial charge in [0, 0.05) is 22.3 Å². The zero-order valence-electron chi connectivity index (χ0n) is 16.4. The summed E-state index contributed by atoms with van der Waals surface area (Å²) in [5.74, 6) is 0.480. The van der Waals surface area contributed by atoms with Crippen LogP contribution in [0.3, 0.4) is 0 Å². The van der Waals surface area contributed by atoms with Crippen LogP contribution < -0.4 is 9.46 Å². The molecule has 0 bridgehead atoms. The van der Waals surface area contributed by atoms with Crippen LogP contribution in [0.4, 0.5) is 5.69 Å². The van der Waals surface area contributed by atoms with E-state index in [2.05, 4.69) is 14.9 Å². The lowest BCUT2D eigenvalue weighted by Gasteiger charge is -2.12. The van der Waals surface area contributed by atoms with Gasteiger partial charge in [-0.25, -0.2) is 8.42 Å². The van der Waals surface area contributed by atoms with Gasteiger partial charge in [0.2, 0.25) is 5.88 Å². The van der Waals surface area contributed by atoms with Crippen LogP contribution in [0.1, 0.15) is 24.5 Å². The normalized spacial score (nSPS) is 11.3. The van der Waals surface area contributed by atoms with Crippen molar-refractivity contribution in [2.75, 3.05) is 11.3 Å². The Morgan fingerprint density at radius 3 is 2.34 bits per heavy atom. The molecule has 6 nitrogen and oxygen atoms in total. The van der Waals surface area contributed by atoms with Gasteiger partial charge >= 0.3 is 0 Å². The number of sulfonamides is 1. The van der Waals surface area contributed by atoms with Crippen molar-refractivity contribution in [1.29, 1.82) is 0 Å². The van der Waals surface area contributed by atoms with Gasteiger partial charge in [0.1, 0.15) is 0 Å². The van der Waals surface area contributed by atoms with E-state index >= 15 is 0 Å². The van der Waals surface area contributed by atoms with E-state index in [1.807, 2.05) is 13.0 Å². The summed E-state index contributed by atoms with van der Waals surface area (Å²) < 4.78 is 33.6. The van der Waals surface area contributed by atoms with E-state index in [1.165, 1.54) is 0 Å². The Morgan fingerprint density at radius 2 is 1.72 bits per heavy atom. The number of anilines is 1. The van der Waals surface area contributed by atoms with Gasteiger partial charge in [-0.05, 0) is 61.7 Å². The van der Waals surface area contributed by atoms with Crippen LogP contribution in [-0.2, 0) is 10.0 Å². The van der Waals surface area contributed by atoms with Crippen molar-refractivity contribution in [2.45, 2.75) is 32.1 Å². The Morgan fingerprint density at radius 1 is 1.00 bits per heavy atom. The van der Waals surface area contributed by atoms with Crippen molar-refractivity contribution in [3.63, 3.8) is 0 Å². The average molecular weight is 432 g/mol. The molecular weight excluding hydrogens is 410 g/mol. The third-order valence-corrected chi connectivity index (χ3v) is 6.20. The van der Waals surface area contributed by atoms with E-state index in [1.54, 1.807) is 56.3 Å². The number of aromatic nitrogens is 2. The van der Waals surface area contributed by atoms with E-state index in [9.17, 15) is 8.42 Å². The van der Waals surface area contributed by atoms with Crippen molar-refractivity contribution < 1.29 is 13.2 Å². The molecule has 3 aromatic rings. The van der Waals surface area contributed by atoms with E-state index in [0.717, 1.165) is 12.0 Å². The lowest BCUT2D eigenvalue weighted by atomic mass is 10.1. The summed E-state index contributed by atoms with van der Waals surface area (Å²) in [5.41, 5.74) is 3.24. The lowest BCUT2D eigenvalue weighted by molar-refractivity contribution is 0.302. The Balaban J connectivity index is 1.77. The minimum atomic E-state index is -3.73. The first-order valence-corrected chi connectivity index (χ1v) is 11.0. The molecule has 0 aliphatic carbocycles. The molecule has 0 unspecified atom stereocenters. The zero-order chi connectivity index (χ0) is 21.0. The first-order valence-electron chi connectivity index (χ1n) is 9.16. The van der Waals surface area contributed by atoms with Crippen molar-refractivity contribution in [2.24, 2.45) is 0 Å². The fraction of sp³-hybridized carbons (Fsp3) is 0.238. The number of nitrogens with one attached hydrogen (secondary N) is 1. The molecule has 0 aliphatic heterocycles. The highest BCUT2D eigenvalue weighted by Crippen LogP contribution is 2.26. The molecule has 1 aromatic heterocycles. The number of ether oxygens (including phenoxy) is 1. The van der Waals surface area contributed by atoms with Gasteiger partial charge in [-0.3, -0.25) is 4.72 Å². The highest BCUT2D eigenvalue weighted by Gasteiger charge is 2.18. The van der Waals surface area contributed by atoms with Crippen LogP contribution in [0, 0.1) is 13.8 Å². The molecule has 1 heterocycles. The van der Waals surface area contributed by atoms with Crippen LogP contribution in [0.2, 0.25) is 5.02 Å². The van der Waals surface area contributed by atoms with Crippen LogP contribution in [0.5, 0.6) is 5.88 Å². The molecule has 152 valence electrons. The minimum Gasteiger partial charge on any atom is -0.477 e. The quantitative estimate of drug-likeness (QED) is 0.569. The average Bonchev–Trinajstić information content (AvgIpc) is 2.70. The first kappa shape index (κ1) is 21.1. The molecule has 0 atom stereocenters. The van der Waals surface area contributed by atoms with Gasteiger partial charge in [0.15, 0.2) is 0 Å². The van der Waals surface area contributed by atoms with Crippen molar-refractivity contribution in [3.05, 3.63) is 64.7 Å². The summed E-state index contributed by atoms with van der Waals surface area (Å²) in [6.45, 7) is 6.10. The molecule has 0 saturated heterocycles. The summed E-state index contributed by atoms with van der Waals surface area (Å²) in [7, 11) is -3.73. The second-order valence-electron chi connectivity index (χ2n) is 6.66. The van der Waals surface area contributed by atoms with E-state index < -0.39 is 10.0 Å². The fourth-order valence-corrected chi connectivity index (χ4v) is 4.31. The van der Waals surface area contributed by atoms with Crippen LogP contribution in [0.25, 0.3) is 11.3 Å². The Labute approximate surface area is 176 Å². The van der Waals surface area contributed by atoms with Gasteiger partial charge in [-0.1, -0.05) is 30.7 Å². The van der Waals surface area contributed by atoms with Crippen LogP contribution >= 0.6 is 11.6 Å². The monoisotopic (exact) mass is 431 g/mol. The van der Waals surface area contributed by atoms with Crippen molar-refractivity contribution in [1.82, 2.24) is 10.2 Å². The summed E-state index contributed by atoms with van der Waals surface area (Å²) in [6.07, 6.45) is 0.899. The molecule has 0 amide bonds. The van der Waals surface area contributed by atoms with Gasteiger partial charge in [0.25, 0.3) is 10.0 Å². The predicted octanol–water partition coefficient (Wildman–Crippen LogP) is 5.00. The SMILES string of the molecule is CCCOc1ccc(-c2ccc(NS(=O)(=O)c3cc(C)c(Cl)cc3C)cc2)nn1. The van der Waals surface area contributed by atoms with E-state index in [0.29, 0.717) is 40.0 Å². The molecule has 0 spiro atoms. The number of aryl methyl sites for hydroxylation is 2. The summed E-state index contributed by atoms with van der Waals surface area (Å²) >= 11 is 6.07. The number of rotatable bonds is 7. The molecule has 0 fully saturated rings. The standard InChI is InChI=1S/C21H22ClN3O3S/c1-4-11-28-21-10-9-19(23-24-21)16-5-7-17(8-6-16)25-29(26,27)20-13-14(2)18(22)12-15(20)3/h5-10,12-13,25H,4,11H2,1-3H3. The molecule has 0 radical (unpaired) electrons. The maximum absolute atomic E-state index is 12.8. The van der Waals surface area contributed by atoms with Gasteiger partial charge in [-0.2, -0.15) is 0 Å². The number of hydrogen-bond donors (Lipinski definition) is 1. The Kier molecular flexibility index (Phi) is 6.39. The number of halogens is 1. The highest BCUT2D eigenvalue weighted by atomic mass is 35.5. The molecule has 29 heavy (non-hydrogen) atoms. The second kappa shape index (κ2) is 8.80. The van der Waals surface area contributed by atoms with Crippen molar-refractivity contribution in [3.8, 4) is 17.1 Å².